The van der Waals surface area contributed by atoms with Crippen molar-refractivity contribution in [2.45, 2.75) is 12.1 Å². The Morgan fingerprint density at radius 3 is 2.41 bits per heavy atom. The molecule has 1 saturated heterocycles. The van der Waals surface area contributed by atoms with Crippen LogP contribution >= 0.6 is 15.9 Å². The predicted octanol–water partition coefficient (Wildman–Crippen LogP) is 5.42. The van der Waals surface area contributed by atoms with Gasteiger partial charge >= 0.3 is 0 Å². The van der Waals surface area contributed by atoms with Crippen molar-refractivity contribution in [3.63, 3.8) is 0 Å². The number of benzene rings is 3. The molecule has 0 aromatic heterocycles. The number of anilines is 1. The zero-order valence-electron chi connectivity index (χ0n) is 14.1. The zero-order chi connectivity index (χ0) is 18.5. The highest BCUT2D eigenvalue weighted by Gasteiger charge is 2.54. The summed E-state index contributed by atoms with van der Waals surface area (Å²) in [6, 6.07) is 23.4. The van der Waals surface area contributed by atoms with Gasteiger partial charge in [0, 0.05) is 16.6 Å². The second kappa shape index (κ2) is 6.03. The van der Waals surface area contributed by atoms with Crippen LogP contribution in [0.3, 0.4) is 0 Å². The van der Waals surface area contributed by atoms with Gasteiger partial charge in [0.15, 0.2) is 0 Å². The molecular weight excluding hydrogens is 406 g/mol. The van der Waals surface area contributed by atoms with E-state index in [1.807, 2.05) is 42.5 Å². The van der Waals surface area contributed by atoms with Gasteiger partial charge < -0.3 is 4.90 Å². The Morgan fingerprint density at radius 2 is 1.70 bits per heavy atom. The minimum Gasteiger partial charge on any atom is -0.349 e. The summed E-state index contributed by atoms with van der Waals surface area (Å²) in [6.07, 6.45) is 0. The Morgan fingerprint density at radius 1 is 0.963 bits per heavy atom. The minimum atomic E-state index is -0.367. The van der Waals surface area contributed by atoms with E-state index in [9.17, 15) is 10.1 Å². The van der Waals surface area contributed by atoms with Crippen LogP contribution in [-0.4, -0.2) is 16.7 Å². The maximum absolute atomic E-state index is 11.0. The quantitative estimate of drug-likeness (QED) is 0.323. The molecule has 27 heavy (non-hydrogen) atoms. The van der Waals surface area contributed by atoms with Crippen molar-refractivity contribution in [2.75, 3.05) is 4.90 Å². The van der Waals surface area contributed by atoms with Crippen molar-refractivity contribution < 1.29 is 4.92 Å². The highest BCUT2D eigenvalue weighted by atomic mass is 79.9. The fourth-order valence-electron chi connectivity index (χ4n) is 3.79. The number of fused-ring (bicyclic) bond motifs is 3. The van der Waals surface area contributed by atoms with E-state index in [2.05, 4.69) is 39.0 Å². The summed E-state index contributed by atoms with van der Waals surface area (Å²) in [7, 11) is 0. The number of aliphatic imine (C=N–C) groups is 1. The monoisotopic (exact) mass is 419 g/mol. The molecule has 132 valence electrons. The minimum absolute atomic E-state index is 0.110. The maximum atomic E-state index is 11.0. The van der Waals surface area contributed by atoms with Crippen molar-refractivity contribution in [1.82, 2.24) is 0 Å². The van der Waals surface area contributed by atoms with Gasteiger partial charge in [0.2, 0.25) is 0 Å². The van der Waals surface area contributed by atoms with Crippen molar-refractivity contribution in [1.29, 1.82) is 0 Å². The van der Waals surface area contributed by atoms with Crippen LogP contribution in [0.4, 0.5) is 17.1 Å². The van der Waals surface area contributed by atoms with Gasteiger partial charge in [-0.2, -0.15) is 0 Å². The lowest BCUT2D eigenvalue weighted by molar-refractivity contribution is -0.384. The lowest BCUT2D eigenvalue weighted by atomic mass is 10.0. The Balaban J connectivity index is 1.60. The van der Waals surface area contributed by atoms with Crippen molar-refractivity contribution >= 4 is 38.7 Å². The summed E-state index contributed by atoms with van der Waals surface area (Å²) in [6.45, 7) is 0. The SMILES string of the molecule is O=[N+]([O-])c1ccc(C2C3C(c4ccccc4)=Nc4cc(Br)ccc4N32)cc1. The molecule has 3 aromatic rings. The van der Waals surface area contributed by atoms with E-state index in [0.717, 1.165) is 32.7 Å². The molecule has 1 fully saturated rings. The van der Waals surface area contributed by atoms with E-state index in [1.54, 1.807) is 12.1 Å². The molecule has 0 saturated carbocycles. The average Bonchev–Trinajstić information content (AvgIpc) is 3.43. The van der Waals surface area contributed by atoms with Crippen LogP contribution in [0.5, 0.6) is 0 Å². The van der Waals surface area contributed by atoms with Gasteiger partial charge in [-0.1, -0.05) is 58.4 Å². The fourth-order valence-corrected chi connectivity index (χ4v) is 4.14. The second-order valence-electron chi connectivity index (χ2n) is 6.64. The number of nitro groups is 1. The van der Waals surface area contributed by atoms with Gasteiger partial charge in [0.05, 0.1) is 34.1 Å². The molecule has 2 unspecified atom stereocenters. The van der Waals surface area contributed by atoms with Crippen molar-refractivity contribution in [2.24, 2.45) is 4.99 Å². The van der Waals surface area contributed by atoms with Gasteiger partial charge in [-0.25, -0.2) is 4.99 Å². The molecule has 0 spiro atoms. The smallest absolute Gasteiger partial charge is 0.269 e. The molecule has 0 bridgehead atoms. The van der Waals surface area contributed by atoms with Gasteiger partial charge in [0.25, 0.3) is 5.69 Å². The maximum Gasteiger partial charge on any atom is 0.269 e. The lowest BCUT2D eigenvalue weighted by Crippen LogP contribution is -2.17. The number of nitro benzene ring substituents is 1. The van der Waals surface area contributed by atoms with Gasteiger partial charge in [0.1, 0.15) is 0 Å². The first-order valence-electron chi connectivity index (χ1n) is 8.60. The van der Waals surface area contributed by atoms with Crippen LogP contribution in [0.1, 0.15) is 17.2 Å². The molecule has 0 aliphatic carbocycles. The van der Waals surface area contributed by atoms with Crippen LogP contribution in [0.2, 0.25) is 0 Å². The Kier molecular flexibility index (Phi) is 3.62. The highest BCUT2D eigenvalue weighted by Crippen LogP contribution is 2.55. The molecule has 0 N–H and O–H groups in total. The van der Waals surface area contributed by atoms with E-state index in [-0.39, 0.29) is 22.7 Å². The largest absolute Gasteiger partial charge is 0.349 e. The number of nitrogens with zero attached hydrogens (tertiary/aromatic N) is 3. The number of non-ortho nitro benzene ring substituents is 1. The van der Waals surface area contributed by atoms with Crippen molar-refractivity contribution in [3.8, 4) is 0 Å². The van der Waals surface area contributed by atoms with Crippen LogP contribution in [0, 0.1) is 10.1 Å². The summed E-state index contributed by atoms with van der Waals surface area (Å²) in [4.78, 5) is 17.9. The first-order valence-corrected chi connectivity index (χ1v) is 9.39. The predicted molar refractivity (Wildman–Crippen MR) is 109 cm³/mol. The van der Waals surface area contributed by atoms with E-state index in [4.69, 9.17) is 4.99 Å². The number of hydrogen-bond acceptors (Lipinski definition) is 4. The molecule has 2 aliphatic rings. The van der Waals surface area contributed by atoms with Gasteiger partial charge in [-0.05, 0) is 29.3 Å². The van der Waals surface area contributed by atoms with E-state index >= 15 is 0 Å². The first kappa shape index (κ1) is 16.2. The Labute approximate surface area is 164 Å². The van der Waals surface area contributed by atoms with Gasteiger partial charge in [-0.3, -0.25) is 10.1 Å². The molecular formula is C21H14BrN3O2. The highest BCUT2D eigenvalue weighted by molar-refractivity contribution is 9.10. The summed E-state index contributed by atoms with van der Waals surface area (Å²) in [5.74, 6) is 0. The van der Waals surface area contributed by atoms with Gasteiger partial charge in [-0.15, -0.1) is 0 Å². The third kappa shape index (κ3) is 2.64. The van der Waals surface area contributed by atoms with E-state index < -0.39 is 0 Å². The lowest BCUT2D eigenvalue weighted by Gasteiger charge is -2.17. The second-order valence-corrected chi connectivity index (χ2v) is 7.56. The molecule has 5 nitrogen and oxygen atoms in total. The average molecular weight is 420 g/mol. The normalized spacial score (nSPS) is 19.7. The topological polar surface area (TPSA) is 58.5 Å². The third-order valence-corrected chi connectivity index (χ3v) is 5.55. The fraction of sp³-hybridized carbons (Fsp3) is 0.0952. The summed E-state index contributed by atoms with van der Waals surface area (Å²) >= 11 is 3.53. The van der Waals surface area contributed by atoms with Crippen LogP contribution < -0.4 is 4.90 Å². The van der Waals surface area contributed by atoms with E-state index in [0.29, 0.717) is 0 Å². The molecule has 6 heteroatoms. The summed E-state index contributed by atoms with van der Waals surface area (Å²) < 4.78 is 0.990. The molecule has 2 aliphatic heterocycles. The third-order valence-electron chi connectivity index (χ3n) is 5.06. The Bertz CT molecular complexity index is 1080. The molecule has 2 atom stereocenters. The van der Waals surface area contributed by atoms with Crippen LogP contribution in [0.25, 0.3) is 0 Å². The standard InChI is InChI=1S/C21H14BrN3O2/c22-15-8-11-18-17(12-15)23-19(13-4-2-1-3-5-13)21-20(24(18)21)14-6-9-16(10-7-14)25(26)27/h1-12,20-21H. The zero-order valence-corrected chi connectivity index (χ0v) is 15.7. The molecule has 2 heterocycles. The van der Waals surface area contributed by atoms with Crippen molar-refractivity contribution in [3.05, 3.63) is 98.5 Å². The molecule has 3 aromatic carbocycles. The number of halogens is 1. The van der Waals surface area contributed by atoms with Crippen LogP contribution in [0.15, 0.2) is 82.3 Å². The molecule has 5 rings (SSSR count). The first-order chi connectivity index (χ1) is 13.1. The summed E-state index contributed by atoms with van der Waals surface area (Å²) in [5, 5.41) is 11.0. The number of rotatable bonds is 3. The molecule has 0 amide bonds. The summed E-state index contributed by atoms with van der Waals surface area (Å²) in [5.41, 5.74) is 5.32. The van der Waals surface area contributed by atoms with Crippen LogP contribution in [-0.2, 0) is 0 Å². The number of hydrogen-bond donors (Lipinski definition) is 0. The Hall–Kier alpha value is -2.99. The van der Waals surface area contributed by atoms with E-state index in [1.165, 1.54) is 0 Å². The molecule has 0 radical (unpaired) electrons.